The Labute approximate surface area is 151 Å². The molecule has 2 aromatic carbocycles. The maximum Gasteiger partial charge on any atom is 0.325 e. The Balaban J connectivity index is 1.44. The fourth-order valence-corrected chi connectivity index (χ4v) is 2.39. The summed E-state index contributed by atoms with van der Waals surface area (Å²) in [6.45, 7) is -0.604. The Morgan fingerprint density at radius 3 is 2.23 bits per heavy atom. The summed E-state index contributed by atoms with van der Waals surface area (Å²) in [5, 5.41) is 5.20. The SMILES string of the molecule is O=C(COC(=O)CNC(=O)c1ccc(-c2ccccc2)cc1)NC1CC1. The summed E-state index contributed by atoms with van der Waals surface area (Å²) in [7, 11) is 0. The largest absolute Gasteiger partial charge is 0.454 e. The van der Waals surface area contributed by atoms with E-state index >= 15 is 0 Å². The molecule has 0 unspecified atom stereocenters. The monoisotopic (exact) mass is 352 g/mol. The molecule has 0 spiro atoms. The lowest BCUT2D eigenvalue weighted by Crippen LogP contribution is -2.34. The Morgan fingerprint density at radius 1 is 0.923 bits per heavy atom. The fourth-order valence-electron chi connectivity index (χ4n) is 2.39. The molecule has 0 aliphatic heterocycles. The number of rotatable bonds is 7. The first-order valence-electron chi connectivity index (χ1n) is 8.50. The molecular formula is C20H20N2O4. The quantitative estimate of drug-likeness (QED) is 0.746. The lowest BCUT2D eigenvalue weighted by Gasteiger charge is -2.07. The first-order chi connectivity index (χ1) is 12.6. The minimum Gasteiger partial charge on any atom is -0.454 e. The highest BCUT2D eigenvalue weighted by molar-refractivity contribution is 5.96. The van der Waals surface area contributed by atoms with Crippen LogP contribution in [-0.2, 0) is 14.3 Å². The molecule has 1 aliphatic rings. The lowest BCUT2D eigenvalue weighted by atomic mass is 10.0. The van der Waals surface area contributed by atoms with Crippen molar-refractivity contribution in [3.05, 3.63) is 60.2 Å². The van der Waals surface area contributed by atoms with E-state index in [0.29, 0.717) is 5.56 Å². The summed E-state index contributed by atoms with van der Waals surface area (Å²) in [6, 6.07) is 17.2. The Kier molecular flexibility index (Phi) is 5.63. The van der Waals surface area contributed by atoms with Gasteiger partial charge in [0.25, 0.3) is 11.8 Å². The highest BCUT2D eigenvalue weighted by atomic mass is 16.5. The van der Waals surface area contributed by atoms with Crippen LogP contribution in [0.4, 0.5) is 0 Å². The van der Waals surface area contributed by atoms with Crippen LogP contribution in [0.5, 0.6) is 0 Å². The van der Waals surface area contributed by atoms with Crippen LogP contribution in [0, 0.1) is 0 Å². The van der Waals surface area contributed by atoms with Gasteiger partial charge in [0.1, 0.15) is 6.54 Å². The summed E-state index contributed by atoms with van der Waals surface area (Å²) in [5.74, 6) is -1.34. The molecule has 6 heteroatoms. The van der Waals surface area contributed by atoms with Gasteiger partial charge in [-0.3, -0.25) is 14.4 Å². The molecule has 2 aromatic rings. The van der Waals surface area contributed by atoms with E-state index in [1.54, 1.807) is 12.1 Å². The number of hydrogen-bond acceptors (Lipinski definition) is 4. The molecule has 2 N–H and O–H groups in total. The van der Waals surface area contributed by atoms with Crippen molar-refractivity contribution in [1.29, 1.82) is 0 Å². The third kappa shape index (κ3) is 5.17. The minimum atomic E-state index is -0.648. The van der Waals surface area contributed by atoms with Crippen LogP contribution in [0.2, 0.25) is 0 Å². The van der Waals surface area contributed by atoms with E-state index in [4.69, 9.17) is 4.74 Å². The number of amides is 2. The van der Waals surface area contributed by atoms with Crippen molar-refractivity contribution >= 4 is 17.8 Å². The molecule has 0 heterocycles. The Hall–Kier alpha value is -3.15. The van der Waals surface area contributed by atoms with E-state index in [1.807, 2.05) is 42.5 Å². The van der Waals surface area contributed by atoms with Gasteiger partial charge in [0.15, 0.2) is 6.61 Å². The van der Waals surface area contributed by atoms with Crippen molar-refractivity contribution in [3.63, 3.8) is 0 Å². The molecule has 0 radical (unpaired) electrons. The molecular weight excluding hydrogens is 332 g/mol. The standard InChI is InChI=1S/C20H20N2O4/c23-18(22-17-10-11-17)13-26-19(24)12-21-20(25)16-8-6-15(7-9-16)14-4-2-1-3-5-14/h1-9,17H,10-13H2,(H,21,25)(H,22,23). The summed E-state index contributed by atoms with van der Waals surface area (Å²) in [5.41, 5.74) is 2.51. The van der Waals surface area contributed by atoms with Gasteiger partial charge in [0, 0.05) is 11.6 Å². The molecule has 1 fully saturated rings. The number of carbonyl (C=O) groups excluding carboxylic acids is 3. The molecule has 3 rings (SSSR count). The summed E-state index contributed by atoms with van der Waals surface area (Å²) < 4.78 is 4.83. The third-order valence-corrected chi connectivity index (χ3v) is 3.95. The number of ether oxygens (including phenoxy) is 1. The molecule has 134 valence electrons. The maximum atomic E-state index is 12.1. The van der Waals surface area contributed by atoms with Gasteiger partial charge in [0.2, 0.25) is 0 Å². The van der Waals surface area contributed by atoms with Crippen LogP contribution in [0.25, 0.3) is 11.1 Å². The highest BCUT2D eigenvalue weighted by Gasteiger charge is 2.23. The second kappa shape index (κ2) is 8.29. The van der Waals surface area contributed by atoms with Crippen LogP contribution >= 0.6 is 0 Å². The fraction of sp³-hybridized carbons (Fsp3) is 0.250. The first kappa shape index (κ1) is 17.7. The first-order valence-corrected chi connectivity index (χ1v) is 8.50. The van der Waals surface area contributed by atoms with Gasteiger partial charge in [-0.05, 0) is 36.1 Å². The van der Waals surface area contributed by atoms with Crippen molar-refractivity contribution in [2.75, 3.05) is 13.2 Å². The summed E-state index contributed by atoms with van der Waals surface area (Å²) in [6.07, 6.45) is 1.94. The maximum absolute atomic E-state index is 12.1. The Bertz CT molecular complexity index is 783. The van der Waals surface area contributed by atoms with Crippen LogP contribution in [-0.4, -0.2) is 37.0 Å². The molecule has 0 saturated heterocycles. The van der Waals surface area contributed by atoms with E-state index in [9.17, 15) is 14.4 Å². The average molecular weight is 352 g/mol. The van der Waals surface area contributed by atoms with Gasteiger partial charge in [-0.15, -0.1) is 0 Å². The minimum absolute atomic E-state index is 0.222. The zero-order chi connectivity index (χ0) is 18.4. The van der Waals surface area contributed by atoms with E-state index in [-0.39, 0.29) is 31.0 Å². The molecule has 6 nitrogen and oxygen atoms in total. The zero-order valence-electron chi connectivity index (χ0n) is 14.2. The topological polar surface area (TPSA) is 84.5 Å². The van der Waals surface area contributed by atoms with Crippen molar-refractivity contribution in [2.24, 2.45) is 0 Å². The van der Waals surface area contributed by atoms with E-state index in [0.717, 1.165) is 24.0 Å². The van der Waals surface area contributed by atoms with Crippen LogP contribution in [0.15, 0.2) is 54.6 Å². The normalized spacial score (nSPS) is 12.9. The van der Waals surface area contributed by atoms with E-state index in [1.165, 1.54) is 0 Å². The summed E-state index contributed by atoms with van der Waals surface area (Å²) >= 11 is 0. The van der Waals surface area contributed by atoms with Gasteiger partial charge < -0.3 is 15.4 Å². The van der Waals surface area contributed by atoms with Gasteiger partial charge in [0.05, 0.1) is 0 Å². The van der Waals surface area contributed by atoms with Gasteiger partial charge in [-0.25, -0.2) is 0 Å². The molecule has 0 aromatic heterocycles. The smallest absolute Gasteiger partial charge is 0.325 e. The van der Waals surface area contributed by atoms with Gasteiger partial charge in [-0.2, -0.15) is 0 Å². The van der Waals surface area contributed by atoms with Crippen molar-refractivity contribution < 1.29 is 19.1 Å². The number of nitrogens with one attached hydrogen (secondary N) is 2. The number of esters is 1. The van der Waals surface area contributed by atoms with Crippen molar-refractivity contribution in [3.8, 4) is 11.1 Å². The average Bonchev–Trinajstić information content (AvgIpc) is 3.49. The summed E-state index contributed by atoms with van der Waals surface area (Å²) in [4.78, 5) is 35.1. The highest BCUT2D eigenvalue weighted by Crippen LogP contribution is 2.19. The molecule has 1 saturated carbocycles. The predicted octanol–water partition coefficient (Wildman–Crippen LogP) is 1.91. The van der Waals surface area contributed by atoms with Gasteiger partial charge in [-0.1, -0.05) is 42.5 Å². The van der Waals surface area contributed by atoms with Crippen molar-refractivity contribution in [2.45, 2.75) is 18.9 Å². The van der Waals surface area contributed by atoms with E-state index in [2.05, 4.69) is 10.6 Å². The Morgan fingerprint density at radius 2 is 1.58 bits per heavy atom. The molecule has 0 bridgehead atoms. The molecule has 1 aliphatic carbocycles. The second-order valence-corrected chi connectivity index (χ2v) is 6.13. The van der Waals surface area contributed by atoms with Gasteiger partial charge >= 0.3 is 5.97 Å². The molecule has 26 heavy (non-hydrogen) atoms. The van der Waals surface area contributed by atoms with Crippen molar-refractivity contribution in [1.82, 2.24) is 10.6 Å². The predicted molar refractivity (Wildman–Crippen MR) is 96.3 cm³/mol. The number of benzene rings is 2. The molecule has 0 atom stereocenters. The van der Waals surface area contributed by atoms with Crippen LogP contribution in [0.3, 0.4) is 0 Å². The zero-order valence-corrected chi connectivity index (χ0v) is 14.2. The lowest BCUT2D eigenvalue weighted by molar-refractivity contribution is -0.147. The van der Waals surface area contributed by atoms with Crippen LogP contribution in [0.1, 0.15) is 23.2 Å². The van der Waals surface area contributed by atoms with E-state index < -0.39 is 5.97 Å². The number of carbonyl (C=O) groups is 3. The molecule has 2 amide bonds. The third-order valence-electron chi connectivity index (χ3n) is 3.95. The number of hydrogen-bond donors (Lipinski definition) is 2. The second-order valence-electron chi connectivity index (χ2n) is 6.13. The van der Waals surface area contributed by atoms with Crippen LogP contribution < -0.4 is 10.6 Å².